The molecule has 140 valence electrons. The van der Waals surface area contributed by atoms with E-state index in [2.05, 4.69) is 39.7 Å². The second-order valence-corrected chi connectivity index (χ2v) is 8.16. The van der Waals surface area contributed by atoms with Gasteiger partial charge >= 0.3 is 0 Å². The molecule has 0 aliphatic heterocycles. The van der Waals surface area contributed by atoms with Crippen molar-refractivity contribution < 1.29 is 5.11 Å². The third-order valence-electron chi connectivity index (χ3n) is 3.94. The van der Waals surface area contributed by atoms with Gasteiger partial charge in [-0.05, 0) is 31.4 Å². The van der Waals surface area contributed by atoms with E-state index < -0.39 is 6.10 Å². The Balaban J connectivity index is 0.00000243. The zero-order valence-electron chi connectivity index (χ0n) is 14.9. The van der Waals surface area contributed by atoms with E-state index in [1.807, 2.05) is 25.1 Å². The fourth-order valence-corrected chi connectivity index (χ4v) is 4.38. The molecule has 0 fully saturated rings. The molecule has 0 aliphatic carbocycles. The molecule has 5 nitrogen and oxygen atoms in total. The molecule has 3 aromatic rings. The maximum Gasteiger partial charge on any atom is 0.191 e. The van der Waals surface area contributed by atoms with Gasteiger partial charge in [-0.1, -0.05) is 18.2 Å². The van der Waals surface area contributed by atoms with Gasteiger partial charge in [0.15, 0.2) is 5.96 Å². The van der Waals surface area contributed by atoms with Crippen LogP contribution in [0.4, 0.5) is 0 Å². The van der Waals surface area contributed by atoms with Gasteiger partial charge in [0.1, 0.15) is 11.1 Å². The maximum atomic E-state index is 10.4. The van der Waals surface area contributed by atoms with Crippen molar-refractivity contribution in [1.82, 2.24) is 15.6 Å². The van der Waals surface area contributed by atoms with Crippen molar-refractivity contribution in [2.45, 2.75) is 26.5 Å². The molecular weight excluding hydrogens is 479 g/mol. The van der Waals surface area contributed by atoms with Crippen molar-refractivity contribution in [2.24, 2.45) is 4.99 Å². The van der Waals surface area contributed by atoms with Crippen LogP contribution in [0.25, 0.3) is 10.1 Å². The highest BCUT2D eigenvalue weighted by atomic mass is 127. The minimum atomic E-state index is -0.569. The van der Waals surface area contributed by atoms with Gasteiger partial charge in [0.25, 0.3) is 0 Å². The van der Waals surface area contributed by atoms with Crippen LogP contribution in [0.5, 0.6) is 0 Å². The molecular formula is C18H23IN4OS2. The fraction of sp³-hybridized carbons (Fsp3) is 0.333. The Morgan fingerprint density at radius 1 is 1.23 bits per heavy atom. The number of fused-ring (bicyclic) bond motifs is 1. The number of nitrogens with one attached hydrogen (secondary N) is 2. The number of aryl methyl sites for hydroxylation is 2. The summed E-state index contributed by atoms with van der Waals surface area (Å²) in [5.74, 6) is 0.658. The van der Waals surface area contributed by atoms with Crippen molar-refractivity contribution in [1.29, 1.82) is 0 Å². The molecule has 0 spiro atoms. The number of thiazole rings is 1. The van der Waals surface area contributed by atoms with Gasteiger partial charge in [0.2, 0.25) is 0 Å². The first-order valence-electron chi connectivity index (χ1n) is 8.11. The summed E-state index contributed by atoms with van der Waals surface area (Å²) in [6.45, 7) is 5.12. The summed E-state index contributed by atoms with van der Waals surface area (Å²) in [4.78, 5) is 10.9. The molecule has 1 aromatic carbocycles. The molecule has 0 saturated heterocycles. The number of rotatable bonds is 5. The number of aliphatic hydroxyl groups excluding tert-OH is 1. The standard InChI is InChI=1S/C18H22N4OS2.HI/c1-11-12(2)24-17(22-11)10-21-18(19-3)20-9-14(23)16-8-13-6-4-5-7-15(13)25-16;/h4-8,14,23H,9-10H2,1-3H3,(H2,19,20,21);1H. The number of halogens is 1. The average Bonchev–Trinajstić information content (AvgIpc) is 3.18. The first-order chi connectivity index (χ1) is 12.1. The van der Waals surface area contributed by atoms with Crippen LogP contribution < -0.4 is 10.6 Å². The minimum absolute atomic E-state index is 0. The first kappa shape index (κ1) is 21.1. The van der Waals surface area contributed by atoms with Crippen molar-refractivity contribution in [3.05, 3.63) is 50.8 Å². The number of hydrogen-bond donors (Lipinski definition) is 3. The van der Waals surface area contributed by atoms with E-state index in [1.165, 1.54) is 15.0 Å². The Bertz CT molecular complexity index is 838. The number of aliphatic hydroxyl groups is 1. The number of aromatic nitrogens is 1. The molecule has 3 N–H and O–H groups in total. The Kier molecular flexibility index (Phi) is 7.81. The number of hydrogen-bond acceptors (Lipinski definition) is 5. The number of benzene rings is 1. The summed E-state index contributed by atoms with van der Waals surface area (Å²) >= 11 is 3.31. The van der Waals surface area contributed by atoms with Crippen LogP contribution in [-0.4, -0.2) is 29.6 Å². The number of thiophene rings is 1. The van der Waals surface area contributed by atoms with Crippen LogP contribution in [0.2, 0.25) is 0 Å². The number of nitrogens with zero attached hydrogens (tertiary/aromatic N) is 2. The lowest BCUT2D eigenvalue weighted by molar-refractivity contribution is 0.184. The predicted molar refractivity (Wildman–Crippen MR) is 122 cm³/mol. The summed E-state index contributed by atoms with van der Waals surface area (Å²) in [7, 11) is 1.72. The zero-order chi connectivity index (χ0) is 17.8. The second-order valence-electron chi connectivity index (χ2n) is 5.76. The topological polar surface area (TPSA) is 69.5 Å². The quantitative estimate of drug-likeness (QED) is 0.281. The van der Waals surface area contributed by atoms with E-state index in [0.29, 0.717) is 19.0 Å². The van der Waals surface area contributed by atoms with Crippen LogP contribution in [-0.2, 0) is 6.54 Å². The smallest absolute Gasteiger partial charge is 0.191 e. The van der Waals surface area contributed by atoms with Crippen LogP contribution >= 0.6 is 46.7 Å². The lowest BCUT2D eigenvalue weighted by Crippen LogP contribution is -2.38. The summed E-state index contributed by atoms with van der Waals surface area (Å²) in [5.41, 5.74) is 1.07. The minimum Gasteiger partial charge on any atom is -0.386 e. The molecule has 8 heteroatoms. The van der Waals surface area contributed by atoms with E-state index in [9.17, 15) is 5.11 Å². The molecule has 1 atom stereocenters. The van der Waals surface area contributed by atoms with Gasteiger partial charge in [0, 0.05) is 28.0 Å². The van der Waals surface area contributed by atoms with Gasteiger partial charge < -0.3 is 15.7 Å². The van der Waals surface area contributed by atoms with Crippen molar-refractivity contribution >= 4 is 62.7 Å². The van der Waals surface area contributed by atoms with E-state index >= 15 is 0 Å². The third kappa shape index (κ3) is 5.15. The first-order valence-corrected chi connectivity index (χ1v) is 9.74. The molecule has 0 saturated carbocycles. The van der Waals surface area contributed by atoms with Gasteiger partial charge in [-0.15, -0.1) is 46.7 Å². The van der Waals surface area contributed by atoms with Crippen molar-refractivity contribution in [3.63, 3.8) is 0 Å². The summed E-state index contributed by atoms with van der Waals surface area (Å²) in [6, 6.07) is 10.2. The van der Waals surface area contributed by atoms with Crippen molar-refractivity contribution in [3.8, 4) is 0 Å². The van der Waals surface area contributed by atoms with Crippen molar-refractivity contribution in [2.75, 3.05) is 13.6 Å². The van der Waals surface area contributed by atoms with Crippen LogP contribution in [0.1, 0.15) is 26.6 Å². The monoisotopic (exact) mass is 502 g/mol. The highest BCUT2D eigenvalue weighted by molar-refractivity contribution is 14.0. The van der Waals surface area contributed by atoms with E-state index in [4.69, 9.17) is 0 Å². The summed E-state index contributed by atoms with van der Waals surface area (Å²) in [6.07, 6.45) is -0.569. The molecule has 2 heterocycles. The van der Waals surface area contributed by atoms with Gasteiger partial charge in [-0.2, -0.15) is 0 Å². The largest absolute Gasteiger partial charge is 0.386 e. The highest BCUT2D eigenvalue weighted by Crippen LogP contribution is 2.29. The molecule has 2 aromatic heterocycles. The summed E-state index contributed by atoms with van der Waals surface area (Å²) < 4.78 is 1.19. The van der Waals surface area contributed by atoms with Crippen LogP contribution in [0, 0.1) is 13.8 Å². The predicted octanol–water partition coefficient (Wildman–Crippen LogP) is 3.99. The molecule has 0 aliphatic rings. The van der Waals surface area contributed by atoms with E-state index in [-0.39, 0.29) is 24.0 Å². The van der Waals surface area contributed by atoms with Crippen LogP contribution in [0.3, 0.4) is 0 Å². The molecule has 0 bridgehead atoms. The molecule has 1 unspecified atom stereocenters. The Labute approximate surface area is 178 Å². The van der Waals surface area contributed by atoms with Crippen LogP contribution in [0.15, 0.2) is 35.3 Å². The van der Waals surface area contributed by atoms with E-state index in [0.717, 1.165) is 15.6 Å². The highest BCUT2D eigenvalue weighted by Gasteiger charge is 2.12. The Morgan fingerprint density at radius 2 is 2.00 bits per heavy atom. The number of aliphatic imine (C=N–C) groups is 1. The normalized spacial score (nSPS) is 12.7. The maximum absolute atomic E-state index is 10.4. The zero-order valence-corrected chi connectivity index (χ0v) is 18.9. The lowest BCUT2D eigenvalue weighted by Gasteiger charge is -2.14. The van der Waals surface area contributed by atoms with Gasteiger partial charge in [0.05, 0.1) is 12.2 Å². The molecule has 0 amide bonds. The number of guanidine groups is 1. The lowest BCUT2D eigenvalue weighted by atomic mass is 10.2. The van der Waals surface area contributed by atoms with Gasteiger partial charge in [-0.3, -0.25) is 4.99 Å². The Hall–Kier alpha value is -1.23. The molecule has 3 rings (SSSR count). The summed E-state index contributed by atoms with van der Waals surface area (Å²) in [5, 5.41) is 19.1. The molecule has 0 radical (unpaired) electrons. The van der Waals surface area contributed by atoms with Gasteiger partial charge in [-0.25, -0.2) is 4.98 Å². The SMILES string of the molecule is CN=C(NCc1nc(C)c(C)s1)NCC(O)c1cc2ccccc2s1.I. The molecule has 26 heavy (non-hydrogen) atoms. The third-order valence-corrected chi connectivity index (χ3v) is 6.23. The second kappa shape index (κ2) is 9.63. The Morgan fingerprint density at radius 3 is 2.65 bits per heavy atom. The average molecular weight is 502 g/mol. The fourth-order valence-electron chi connectivity index (χ4n) is 2.46. The van der Waals surface area contributed by atoms with E-state index in [1.54, 1.807) is 29.7 Å².